The third kappa shape index (κ3) is 3.30. The summed E-state index contributed by atoms with van der Waals surface area (Å²) in [5, 5.41) is 49.2. The Labute approximate surface area is 214 Å². The van der Waals surface area contributed by atoms with Gasteiger partial charge in [-0.3, -0.25) is 0 Å². The third-order valence-corrected chi connectivity index (χ3v) is 7.17. The lowest BCUT2D eigenvalue weighted by atomic mass is 9.63. The molecular formula is C33H24O4. The smallest absolute Gasteiger partial charge is 0.131 e. The van der Waals surface area contributed by atoms with Crippen molar-refractivity contribution in [1.29, 1.82) is 0 Å². The van der Waals surface area contributed by atoms with Crippen molar-refractivity contribution in [3.05, 3.63) is 144 Å². The van der Waals surface area contributed by atoms with E-state index in [0.29, 0.717) is 32.7 Å². The number of phenolic OH excluding ortho intramolecular Hbond substituents is 4. The number of benzene rings is 6. The highest BCUT2D eigenvalue weighted by Crippen LogP contribution is 2.58. The molecule has 0 heterocycles. The lowest BCUT2D eigenvalue weighted by Crippen LogP contribution is -2.31. The van der Waals surface area contributed by atoms with Crippen LogP contribution in [0.15, 0.2) is 121 Å². The van der Waals surface area contributed by atoms with Gasteiger partial charge in [0.05, 0.1) is 16.5 Å². The van der Waals surface area contributed by atoms with Gasteiger partial charge in [-0.15, -0.1) is 0 Å². The normalized spacial score (nSPS) is 11.7. The van der Waals surface area contributed by atoms with Gasteiger partial charge in [0.1, 0.15) is 23.0 Å². The quantitative estimate of drug-likeness (QED) is 0.200. The molecule has 37 heavy (non-hydrogen) atoms. The molecule has 0 saturated carbocycles. The van der Waals surface area contributed by atoms with Gasteiger partial charge in [0, 0.05) is 10.8 Å². The van der Waals surface area contributed by atoms with E-state index < -0.39 is 5.41 Å². The summed E-state index contributed by atoms with van der Waals surface area (Å²) in [4.78, 5) is 0. The molecule has 0 aliphatic heterocycles. The molecule has 0 aliphatic rings. The second-order valence-electron chi connectivity index (χ2n) is 9.16. The summed E-state index contributed by atoms with van der Waals surface area (Å²) in [7, 11) is 0. The highest BCUT2D eigenvalue weighted by Gasteiger charge is 2.46. The maximum Gasteiger partial charge on any atom is 0.131 e. The zero-order valence-corrected chi connectivity index (χ0v) is 19.8. The lowest BCUT2D eigenvalue weighted by Gasteiger charge is -2.38. The van der Waals surface area contributed by atoms with E-state index >= 15 is 0 Å². The molecule has 0 saturated heterocycles. The molecule has 180 valence electrons. The Hall–Kier alpha value is -4.96. The van der Waals surface area contributed by atoms with Crippen LogP contribution >= 0.6 is 0 Å². The molecular weight excluding hydrogens is 460 g/mol. The molecule has 6 aromatic rings. The SMILES string of the molecule is Oc1cc2ccccc2c(O)c1C(c1ccccc1)(c1ccccc1)c1c(O)cc2ccccc2c1O. The molecule has 4 nitrogen and oxygen atoms in total. The predicted octanol–water partition coefficient (Wildman–Crippen LogP) is 7.20. The molecule has 6 aromatic carbocycles. The van der Waals surface area contributed by atoms with Gasteiger partial charge >= 0.3 is 0 Å². The average molecular weight is 485 g/mol. The van der Waals surface area contributed by atoms with Gasteiger partial charge in [0.2, 0.25) is 0 Å². The fourth-order valence-electron chi connectivity index (χ4n) is 5.61. The van der Waals surface area contributed by atoms with Crippen molar-refractivity contribution in [3.8, 4) is 23.0 Å². The van der Waals surface area contributed by atoms with Crippen LogP contribution in [0.4, 0.5) is 0 Å². The molecule has 4 heteroatoms. The standard InChI is InChI=1S/C33H24O4/c34-27-19-21-11-7-9-17-25(21)31(36)29(27)33(23-13-3-1-4-14-23,24-15-5-2-6-16-24)30-28(35)20-22-12-8-10-18-26(22)32(30)37/h1-20,34-37H. The molecule has 0 aromatic heterocycles. The van der Waals surface area contributed by atoms with E-state index in [9.17, 15) is 20.4 Å². The Kier molecular flexibility index (Phi) is 5.24. The van der Waals surface area contributed by atoms with Crippen LogP contribution in [0.25, 0.3) is 21.5 Å². The van der Waals surface area contributed by atoms with E-state index in [-0.39, 0.29) is 34.1 Å². The summed E-state index contributed by atoms with van der Waals surface area (Å²) < 4.78 is 0. The molecule has 0 unspecified atom stereocenters. The van der Waals surface area contributed by atoms with Gasteiger partial charge in [-0.1, -0.05) is 109 Å². The third-order valence-electron chi connectivity index (χ3n) is 7.17. The highest BCUT2D eigenvalue weighted by atomic mass is 16.3. The maximum atomic E-state index is 11.8. The van der Waals surface area contributed by atoms with Crippen LogP contribution in [0.3, 0.4) is 0 Å². The van der Waals surface area contributed by atoms with Crippen LogP contribution in [0, 0.1) is 0 Å². The Balaban J connectivity index is 1.90. The summed E-state index contributed by atoms with van der Waals surface area (Å²) in [6.07, 6.45) is 0. The van der Waals surface area contributed by atoms with Crippen LogP contribution in [-0.4, -0.2) is 20.4 Å². The van der Waals surface area contributed by atoms with E-state index in [0.717, 1.165) is 0 Å². The Morgan fingerprint density at radius 3 is 1.16 bits per heavy atom. The minimum Gasteiger partial charge on any atom is -0.507 e. The molecule has 0 amide bonds. The van der Waals surface area contributed by atoms with Crippen molar-refractivity contribution in [2.75, 3.05) is 0 Å². The number of aromatic hydroxyl groups is 4. The molecule has 6 rings (SSSR count). The van der Waals surface area contributed by atoms with Gasteiger partial charge in [-0.25, -0.2) is 0 Å². The van der Waals surface area contributed by atoms with Gasteiger partial charge in [0.25, 0.3) is 0 Å². The summed E-state index contributed by atoms with van der Waals surface area (Å²) in [5.41, 5.74) is 0.179. The number of rotatable bonds is 4. The summed E-state index contributed by atoms with van der Waals surface area (Å²) in [5.74, 6) is -0.572. The molecule has 4 N–H and O–H groups in total. The number of phenols is 4. The Bertz CT molecular complexity index is 1630. The van der Waals surface area contributed by atoms with Gasteiger partial charge in [-0.05, 0) is 34.0 Å². The maximum absolute atomic E-state index is 11.8. The Morgan fingerprint density at radius 1 is 0.405 bits per heavy atom. The van der Waals surface area contributed by atoms with Crippen LogP contribution in [0.5, 0.6) is 23.0 Å². The number of hydrogen-bond donors (Lipinski definition) is 4. The first-order valence-corrected chi connectivity index (χ1v) is 12.0. The largest absolute Gasteiger partial charge is 0.507 e. The topological polar surface area (TPSA) is 80.9 Å². The minimum absolute atomic E-state index is 0.129. The van der Waals surface area contributed by atoms with Crippen molar-refractivity contribution < 1.29 is 20.4 Å². The predicted molar refractivity (Wildman–Crippen MR) is 146 cm³/mol. The molecule has 0 spiro atoms. The number of fused-ring (bicyclic) bond motifs is 2. The first-order chi connectivity index (χ1) is 18.0. The lowest BCUT2D eigenvalue weighted by molar-refractivity contribution is 0.412. The first-order valence-electron chi connectivity index (χ1n) is 12.0. The zero-order chi connectivity index (χ0) is 25.6. The summed E-state index contributed by atoms with van der Waals surface area (Å²) in [6.45, 7) is 0. The second kappa shape index (κ2) is 8.61. The van der Waals surface area contributed by atoms with Crippen LogP contribution in [0.2, 0.25) is 0 Å². The molecule has 0 bridgehead atoms. The van der Waals surface area contributed by atoms with Crippen molar-refractivity contribution in [1.82, 2.24) is 0 Å². The molecule has 0 fully saturated rings. The van der Waals surface area contributed by atoms with Gasteiger partial charge < -0.3 is 20.4 Å². The van der Waals surface area contributed by atoms with Crippen molar-refractivity contribution in [2.45, 2.75) is 5.41 Å². The zero-order valence-electron chi connectivity index (χ0n) is 19.8. The van der Waals surface area contributed by atoms with Crippen molar-refractivity contribution >= 4 is 21.5 Å². The van der Waals surface area contributed by atoms with Gasteiger partial charge in [-0.2, -0.15) is 0 Å². The molecule has 0 radical (unpaired) electrons. The minimum atomic E-state index is -1.47. The average Bonchev–Trinajstić information content (AvgIpc) is 2.93. The monoisotopic (exact) mass is 484 g/mol. The van der Waals surface area contributed by atoms with Crippen LogP contribution in [0.1, 0.15) is 22.3 Å². The number of hydrogen-bond acceptors (Lipinski definition) is 4. The molecule has 0 atom stereocenters. The van der Waals surface area contributed by atoms with Crippen molar-refractivity contribution in [2.24, 2.45) is 0 Å². The van der Waals surface area contributed by atoms with Gasteiger partial charge in [0.15, 0.2) is 0 Å². The fraction of sp³-hybridized carbons (Fsp3) is 0.0303. The van der Waals surface area contributed by atoms with E-state index in [1.807, 2.05) is 97.1 Å². The Morgan fingerprint density at radius 2 is 0.757 bits per heavy atom. The summed E-state index contributed by atoms with van der Waals surface area (Å²) in [6, 6.07) is 36.4. The van der Waals surface area contributed by atoms with E-state index in [2.05, 4.69) is 0 Å². The molecule has 0 aliphatic carbocycles. The van der Waals surface area contributed by atoms with Crippen molar-refractivity contribution in [3.63, 3.8) is 0 Å². The van der Waals surface area contributed by atoms with E-state index in [4.69, 9.17) is 0 Å². The highest BCUT2D eigenvalue weighted by molar-refractivity contribution is 5.96. The first kappa shape index (κ1) is 22.5. The summed E-state index contributed by atoms with van der Waals surface area (Å²) >= 11 is 0. The fourth-order valence-corrected chi connectivity index (χ4v) is 5.61. The second-order valence-corrected chi connectivity index (χ2v) is 9.16. The van der Waals surface area contributed by atoms with E-state index in [1.165, 1.54) is 0 Å². The van der Waals surface area contributed by atoms with Crippen LogP contribution in [-0.2, 0) is 5.41 Å². The van der Waals surface area contributed by atoms with Crippen LogP contribution < -0.4 is 0 Å². The van der Waals surface area contributed by atoms with E-state index in [1.54, 1.807) is 24.3 Å².